The lowest BCUT2D eigenvalue weighted by molar-refractivity contribution is 0.306. The Kier molecular flexibility index (Phi) is 3.57. The fraction of sp³-hybridized carbons (Fsp3) is 0.125. The molecule has 0 atom stereocenters. The second-order valence-electron chi connectivity index (χ2n) is 2.33. The number of nitrogens with two attached hydrogens (primary N) is 1. The molecule has 0 heterocycles. The third-order valence-electron chi connectivity index (χ3n) is 1.33. The highest BCUT2D eigenvalue weighted by molar-refractivity contribution is 9.10. The van der Waals surface area contributed by atoms with Gasteiger partial charge in [-0.15, -0.1) is 0 Å². The molecule has 4 nitrogen and oxygen atoms in total. The molecule has 0 saturated heterocycles. The molecular weight excluding hydrogens is 236 g/mol. The van der Waals surface area contributed by atoms with Crippen LogP contribution in [-0.4, -0.2) is 17.6 Å². The van der Waals surface area contributed by atoms with Gasteiger partial charge in [-0.1, -0.05) is 21.1 Å². The van der Waals surface area contributed by atoms with Crippen LogP contribution in [0.15, 0.2) is 33.9 Å². The Balaban J connectivity index is 2.51. The average Bonchev–Trinajstić information content (AvgIpc) is 2.16. The molecule has 5 heteroatoms. The first-order valence-corrected chi connectivity index (χ1v) is 4.36. The molecule has 0 fully saturated rings. The molecule has 70 valence electrons. The van der Waals surface area contributed by atoms with Gasteiger partial charge in [-0.3, -0.25) is 0 Å². The minimum Gasteiger partial charge on any atom is -0.486 e. The Labute approximate surface area is 84.1 Å². The van der Waals surface area contributed by atoms with Crippen LogP contribution < -0.4 is 10.5 Å². The van der Waals surface area contributed by atoms with Gasteiger partial charge >= 0.3 is 0 Å². The molecule has 0 aliphatic rings. The zero-order valence-corrected chi connectivity index (χ0v) is 8.36. The van der Waals surface area contributed by atoms with Crippen molar-refractivity contribution in [1.82, 2.24) is 0 Å². The van der Waals surface area contributed by atoms with Crippen molar-refractivity contribution >= 4 is 21.8 Å². The van der Waals surface area contributed by atoms with Gasteiger partial charge in [0.1, 0.15) is 12.4 Å². The second kappa shape index (κ2) is 4.71. The summed E-state index contributed by atoms with van der Waals surface area (Å²) >= 11 is 3.30. The summed E-state index contributed by atoms with van der Waals surface area (Å²) in [5, 5.41) is 11.0. The smallest absolute Gasteiger partial charge is 0.177 e. The third-order valence-corrected chi connectivity index (χ3v) is 1.86. The summed E-state index contributed by atoms with van der Waals surface area (Å²) in [5.41, 5.74) is 5.22. The monoisotopic (exact) mass is 244 g/mol. The third kappa shape index (κ3) is 3.33. The van der Waals surface area contributed by atoms with Crippen LogP contribution in [0, 0.1) is 0 Å². The highest BCUT2D eigenvalue weighted by Crippen LogP contribution is 2.15. The van der Waals surface area contributed by atoms with Gasteiger partial charge in [0.2, 0.25) is 0 Å². The van der Waals surface area contributed by atoms with Crippen molar-refractivity contribution in [3.05, 3.63) is 28.7 Å². The molecule has 1 aromatic rings. The van der Waals surface area contributed by atoms with Crippen LogP contribution in [0.4, 0.5) is 0 Å². The summed E-state index contributed by atoms with van der Waals surface area (Å²) in [5.74, 6) is 0.720. The molecule has 0 aliphatic heterocycles. The summed E-state index contributed by atoms with van der Waals surface area (Å²) in [6.07, 6.45) is 0. The maximum atomic E-state index is 8.23. The first-order chi connectivity index (χ1) is 6.22. The summed E-state index contributed by atoms with van der Waals surface area (Å²) in [6.45, 7) is 0.0815. The van der Waals surface area contributed by atoms with Crippen molar-refractivity contribution in [1.29, 1.82) is 0 Å². The molecule has 13 heavy (non-hydrogen) atoms. The van der Waals surface area contributed by atoms with Crippen LogP contribution in [0.1, 0.15) is 0 Å². The Bertz CT molecular complexity index is 298. The molecular formula is C8H9BrN2O2. The van der Waals surface area contributed by atoms with Crippen molar-refractivity contribution in [2.45, 2.75) is 0 Å². The van der Waals surface area contributed by atoms with Crippen LogP contribution in [0.3, 0.4) is 0 Å². The number of oxime groups is 1. The lowest BCUT2D eigenvalue weighted by atomic mass is 10.3. The highest BCUT2D eigenvalue weighted by Gasteiger charge is 1.95. The molecule has 0 bridgehead atoms. The molecule has 1 rings (SSSR count). The summed E-state index contributed by atoms with van der Waals surface area (Å²) < 4.78 is 6.15. The Morgan fingerprint density at radius 2 is 2.08 bits per heavy atom. The average molecular weight is 245 g/mol. The summed E-state index contributed by atoms with van der Waals surface area (Å²) in [4.78, 5) is 0. The topological polar surface area (TPSA) is 67.8 Å². The molecule has 3 N–H and O–H groups in total. The maximum Gasteiger partial charge on any atom is 0.177 e. The van der Waals surface area contributed by atoms with E-state index in [0.29, 0.717) is 5.75 Å². The number of hydrogen-bond acceptors (Lipinski definition) is 3. The Hall–Kier alpha value is -1.23. The van der Waals surface area contributed by atoms with Gasteiger partial charge in [-0.2, -0.15) is 0 Å². The van der Waals surface area contributed by atoms with E-state index in [1.807, 2.05) is 12.1 Å². The van der Waals surface area contributed by atoms with Crippen LogP contribution in [0.2, 0.25) is 0 Å². The highest BCUT2D eigenvalue weighted by atomic mass is 79.9. The Morgan fingerprint density at radius 1 is 1.46 bits per heavy atom. The SMILES string of the molecule is NC(COc1ccc(Br)cc1)=NO. The van der Waals surface area contributed by atoms with Crippen molar-refractivity contribution in [2.24, 2.45) is 10.9 Å². The number of hydrogen-bond donors (Lipinski definition) is 2. The minimum absolute atomic E-state index is 0.0444. The van der Waals surface area contributed by atoms with Crippen molar-refractivity contribution in [3.63, 3.8) is 0 Å². The van der Waals surface area contributed by atoms with Gasteiger partial charge in [-0.05, 0) is 24.3 Å². The maximum absolute atomic E-state index is 8.23. The first-order valence-electron chi connectivity index (χ1n) is 3.57. The fourth-order valence-electron chi connectivity index (χ4n) is 0.717. The Morgan fingerprint density at radius 3 is 2.62 bits per heavy atom. The van der Waals surface area contributed by atoms with Gasteiger partial charge in [0.25, 0.3) is 0 Å². The van der Waals surface area contributed by atoms with E-state index in [0.717, 1.165) is 4.47 Å². The van der Waals surface area contributed by atoms with E-state index in [1.165, 1.54) is 0 Å². The number of halogens is 1. The zero-order chi connectivity index (χ0) is 9.68. The molecule has 0 unspecified atom stereocenters. The van der Waals surface area contributed by atoms with E-state index in [1.54, 1.807) is 12.1 Å². The van der Waals surface area contributed by atoms with E-state index in [4.69, 9.17) is 15.7 Å². The number of benzene rings is 1. The number of nitrogens with zero attached hydrogens (tertiary/aromatic N) is 1. The van der Waals surface area contributed by atoms with Crippen molar-refractivity contribution < 1.29 is 9.94 Å². The van der Waals surface area contributed by atoms with Crippen LogP contribution in [0.5, 0.6) is 5.75 Å². The second-order valence-corrected chi connectivity index (χ2v) is 3.25. The van der Waals surface area contributed by atoms with Gasteiger partial charge in [-0.25, -0.2) is 0 Å². The van der Waals surface area contributed by atoms with Gasteiger partial charge in [0, 0.05) is 4.47 Å². The molecule has 0 radical (unpaired) electrons. The van der Waals surface area contributed by atoms with Crippen molar-refractivity contribution in [2.75, 3.05) is 6.61 Å². The number of ether oxygens (including phenoxy) is 1. The molecule has 0 saturated carbocycles. The minimum atomic E-state index is 0.0444. The fourth-order valence-corrected chi connectivity index (χ4v) is 0.981. The molecule has 0 amide bonds. The largest absolute Gasteiger partial charge is 0.486 e. The zero-order valence-electron chi connectivity index (χ0n) is 6.77. The molecule has 0 aromatic heterocycles. The van der Waals surface area contributed by atoms with Crippen LogP contribution >= 0.6 is 15.9 Å². The molecule has 0 aliphatic carbocycles. The van der Waals surface area contributed by atoms with E-state index >= 15 is 0 Å². The van der Waals surface area contributed by atoms with Gasteiger partial charge in [0.05, 0.1) is 0 Å². The van der Waals surface area contributed by atoms with E-state index in [2.05, 4.69) is 21.1 Å². The number of rotatable bonds is 3. The molecule has 1 aromatic carbocycles. The number of amidine groups is 1. The lowest BCUT2D eigenvalue weighted by Gasteiger charge is -2.03. The van der Waals surface area contributed by atoms with Crippen LogP contribution in [-0.2, 0) is 0 Å². The van der Waals surface area contributed by atoms with E-state index in [-0.39, 0.29) is 12.4 Å². The first kappa shape index (κ1) is 9.85. The van der Waals surface area contributed by atoms with E-state index in [9.17, 15) is 0 Å². The quantitative estimate of drug-likeness (QED) is 0.367. The summed E-state index contributed by atoms with van der Waals surface area (Å²) in [6, 6.07) is 7.27. The predicted molar refractivity (Wildman–Crippen MR) is 53.0 cm³/mol. The van der Waals surface area contributed by atoms with Crippen molar-refractivity contribution in [3.8, 4) is 5.75 Å². The standard InChI is InChI=1S/C8H9BrN2O2/c9-6-1-3-7(4-2-6)13-5-8(10)11-12/h1-4,12H,5H2,(H2,10,11). The predicted octanol–water partition coefficient (Wildman–Crippen LogP) is 1.57. The van der Waals surface area contributed by atoms with Crippen LogP contribution in [0.25, 0.3) is 0 Å². The lowest BCUT2D eigenvalue weighted by Crippen LogP contribution is -2.20. The summed E-state index contributed by atoms with van der Waals surface area (Å²) in [7, 11) is 0. The normalized spacial score (nSPS) is 11.3. The van der Waals surface area contributed by atoms with Gasteiger partial charge in [0.15, 0.2) is 5.84 Å². The van der Waals surface area contributed by atoms with Gasteiger partial charge < -0.3 is 15.7 Å². The van der Waals surface area contributed by atoms with E-state index < -0.39 is 0 Å². The molecule has 0 spiro atoms.